The topological polar surface area (TPSA) is 67.9 Å². The quantitative estimate of drug-likeness (QED) is 0.252. The minimum absolute atomic E-state index is 0.0298. The van der Waals surface area contributed by atoms with Gasteiger partial charge in [0.2, 0.25) is 0 Å². The van der Waals surface area contributed by atoms with Gasteiger partial charge in [-0.05, 0) is 87.6 Å². The molecule has 188 valence electrons. The number of carbonyl (C=O) groups excluding carboxylic acids is 2. The fraction of sp³-hybridized carbons (Fsp3) is 0.222. The van der Waals surface area contributed by atoms with Gasteiger partial charge < -0.3 is 14.4 Å². The lowest BCUT2D eigenvalue weighted by atomic mass is 10.1. The van der Waals surface area contributed by atoms with Crippen LogP contribution in [-0.2, 0) is 11.3 Å². The molecule has 0 spiro atoms. The van der Waals surface area contributed by atoms with Crippen LogP contribution in [0.2, 0.25) is 10.0 Å². The Morgan fingerprint density at radius 1 is 0.972 bits per heavy atom. The maximum atomic E-state index is 13.0. The smallest absolute Gasteiger partial charge is 0.338 e. The van der Waals surface area contributed by atoms with Gasteiger partial charge in [0, 0.05) is 26.9 Å². The van der Waals surface area contributed by atoms with Crippen LogP contribution in [0, 0.1) is 0 Å². The number of esters is 1. The van der Waals surface area contributed by atoms with Crippen molar-refractivity contribution in [1.82, 2.24) is 5.32 Å². The first kappa shape index (κ1) is 27.5. The maximum Gasteiger partial charge on any atom is 0.338 e. The monoisotopic (exact) mass is 544 g/mol. The van der Waals surface area contributed by atoms with Crippen LogP contribution in [0.1, 0.15) is 47.1 Å². The molecule has 1 N–H and O–H groups in total. The number of hydrogen-bond donors (Lipinski definition) is 1. The van der Waals surface area contributed by atoms with E-state index in [1.165, 1.54) is 0 Å². The Morgan fingerprint density at radius 2 is 1.61 bits per heavy atom. The summed E-state index contributed by atoms with van der Waals surface area (Å²) in [7, 11) is 0. The van der Waals surface area contributed by atoms with Crippen molar-refractivity contribution in [3.05, 3.63) is 93.5 Å². The van der Waals surface area contributed by atoms with Gasteiger partial charge in [-0.25, -0.2) is 4.79 Å². The highest BCUT2D eigenvalue weighted by Crippen LogP contribution is 2.28. The van der Waals surface area contributed by atoms with Crippen LogP contribution in [0.15, 0.2) is 66.7 Å². The van der Waals surface area contributed by atoms with Gasteiger partial charge in [0.25, 0.3) is 5.91 Å². The average molecular weight is 545 g/mol. The largest absolute Gasteiger partial charge is 0.491 e. The van der Waals surface area contributed by atoms with Crippen molar-refractivity contribution < 1.29 is 19.1 Å². The fourth-order valence-corrected chi connectivity index (χ4v) is 4.11. The number of thiocarbonyl (C=S) groups is 1. The number of ether oxygens (including phenoxy) is 2. The second kappa shape index (κ2) is 12.7. The van der Waals surface area contributed by atoms with E-state index in [4.69, 9.17) is 44.9 Å². The number of anilines is 1. The van der Waals surface area contributed by atoms with Gasteiger partial charge in [-0.2, -0.15) is 0 Å². The van der Waals surface area contributed by atoms with E-state index in [0.717, 1.165) is 0 Å². The van der Waals surface area contributed by atoms with E-state index in [1.54, 1.807) is 78.6 Å². The highest BCUT2D eigenvalue weighted by molar-refractivity contribution is 7.80. The van der Waals surface area contributed by atoms with Crippen molar-refractivity contribution in [2.24, 2.45) is 0 Å². The Balaban J connectivity index is 1.89. The van der Waals surface area contributed by atoms with Crippen LogP contribution in [0.3, 0.4) is 0 Å². The highest BCUT2D eigenvalue weighted by atomic mass is 35.5. The lowest BCUT2D eigenvalue weighted by Gasteiger charge is -2.27. The molecule has 0 aliphatic rings. The molecule has 0 saturated heterocycles. The maximum absolute atomic E-state index is 13.0. The molecule has 0 aliphatic heterocycles. The van der Waals surface area contributed by atoms with Crippen molar-refractivity contribution in [2.45, 2.75) is 33.4 Å². The number of nitrogens with zero attached hydrogens (tertiary/aromatic N) is 1. The zero-order chi connectivity index (χ0) is 26.2. The molecule has 3 aromatic rings. The second-order valence-electron chi connectivity index (χ2n) is 8.01. The standard InChI is InChI=1S/C27H26Cl2N2O4S/c1-4-34-26(33)18-11-13-20(14-12-18)31(16-22-23(28)9-6-10-24(22)29)27(36)30-25(32)19-7-5-8-21(15-19)35-17(2)3/h5-15,17H,4,16H2,1-3H3,(H,30,32,36). The van der Waals surface area contributed by atoms with Crippen molar-refractivity contribution >= 4 is 58.1 Å². The minimum atomic E-state index is -0.427. The molecule has 0 aliphatic carbocycles. The van der Waals surface area contributed by atoms with Crippen LogP contribution in [0.5, 0.6) is 5.75 Å². The van der Waals surface area contributed by atoms with Crippen LogP contribution in [0.25, 0.3) is 0 Å². The van der Waals surface area contributed by atoms with Gasteiger partial charge in [0.1, 0.15) is 5.75 Å². The molecule has 0 saturated carbocycles. The Bertz CT molecular complexity index is 1230. The Kier molecular flexibility index (Phi) is 9.70. The van der Waals surface area contributed by atoms with Crippen LogP contribution in [-0.4, -0.2) is 29.7 Å². The van der Waals surface area contributed by atoms with Gasteiger partial charge in [-0.1, -0.05) is 35.3 Å². The van der Waals surface area contributed by atoms with E-state index in [-0.39, 0.29) is 24.4 Å². The number of hydrogen-bond acceptors (Lipinski definition) is 5. The molecule has 0 atom stereocenters. The Labute approximate surface area is 226 Å². The van der Waals surface area contributed by atoms with E-state index >= 15 is 0 Å². The number of nitrogens with one attached hydrogen (secondary N) is 1. The van der Waals surface area contributed by atoms with Gasteiger partial charge in [0.15, 0.2) is 5.11 Å². The van der Waals surface area contributed by atoms with Gasteiger partial charge in [-0.15, -0.1) is 0 Å². The first-order chi connectivity index (χ1) is 17.2. The molecule has 0 bridgehead atoms. The number of rotatable bonds is 8. The van der Waals surface area contributed by atoms with E-state index < -0.39 is 11.9 Å². The zero-order valence-corrected chi connectivity index (χ0v) is 22.4. The van der Waals surface area contributed by atoms with Crippen LogP contribution in [0.4, 0.5) is 5.69 Å². The molecule has 0 fully saturated rings. The second-order valence-corrected chi connectivity index (χ2v) is 9.21. The summed E-state index contributed by atoms with van der Waals surface area (Å²) in [6.45, 7) is 6.02. The Hall–Kier alpha value is -3.13. The molecule has 0 aromatic heterocycles. The van der Waals surface area contributed by atoms with E-state index in [2.05, 4.69) is 5.32 Å². The average Bonchev–Trinajstić information content (AvgIpc) is 2.84. The van der Waals surface area contributed by atoms with Crippen molar-refractivity contribution in [3.8, 4) is 5.75 Å². The summed E-state index contributed by atoms with van der Waals surface area (Å²) in [6, 6.07) is 18.8. The number of amides is 1. The third-order valence-corrected chi connectivity index (χ3v) is 6.03. The molecule has 9 heteroatoms. The molecule has 36 heavy (non-hydrogen) atoms. The summed E-state index contributed by atoms with van der Waals surface area (Å²) in [5, 5.41) is 3.83. The summed E-state index contributed by atoms with van der Waals surface area (Å²) >= 11 is 18.5. The number of halogens is 2. The van der Waals surface area contributed by atoms with E-state index in [0.29, 0.717) is 38.2 Å². The lowest BCUT2D eigenvalue weighted by molar-refractivity contribution is 0.0526. The summed E-state index contributed by atoms with van der Waals surface area (Å²) in [6.07, 6.45) is -0.0298. The molecule has 1 amide bonds. The Morgan fingerprint density at radius 3 is 2.22 bits per heavy atom. The molecule has 0 radical (unpaired) electrons. The molecular formula is C27H26Cl2N2O4S. The van der Waals surface area contributed by atoms with Crippen LogP contribution >= 0.6 is 35.4 Å². The van der Waals surface area contributed by atoms with Crippen molar-refractivity contribution in [3.63, 3.8) is 0 Å². The predicted molar refractivity (Wildman–Crippen MR) is 147 cm³/mol. The summed E-state index contributed by atoms with van der Waals surface area (Å²) in [5.41, 5.74) is 2.05. The fourth-order valence-electron chi connectivity index (χ4n) is 3.33. The van der Waals surface area contributed by atoms with E-state index in [9.17, 15) is 9.59 Å². The van der Waals surface area contributed by atoms with E-state index in [1.807, 2.05) is 13.8 Å². The number of carbonyl (C=O) groups is 2. The zero-order valence-electron chi connectivity index (χ0n) is 20.1. The summed E-state index contributed by atoms with van der Waals surface area (Å²) < 4.78 is 10.7. The minimum Gasteiger partial charge on any atom is -0.491 e. The predicted octanol–water partition coefficient (Wildman–Crippen LogP) is 6.68. The van der Waals surface area contributed by atoms with Gasteiger partial charge in [0.05, 0.1) is 24.8 Å². The lowest BCUT2D eigenvalue weighted by Crippen LogP contribution is -2.42. The highest BCUT2D eigenvalue weighted by Gasteiger charge is 2.20. The first-order valence-corrected chi connectivity index (χ1v) is 12.5. The number of benzene rings is 3. The molecule has 3 rings (SSSR count). The molecule has 3 aromatic carbocycles. The normalized spacial score (nSPS) is 10.6. The molecule has 0 heterocycles. The molecule has 0 unspecified atom stereocenters. The third kappa shape index (κ3) is 7.20. The molecule has 6 nitrogen and oxygen atoms in total. The summed E-state index contributed by atoms with van der Waals surface area (Å²) in [5.74, 6) is -0.241. The third-order valence-electron chi connectivity index (χ3n) is 5.00. The van der Waals surface area contributed by atoms with Crippen LogP contribution < -0.4 is 15.0 Å². The SMILES string of the molecule is CCOC(=O)c1ccc(N(Cc2c(Cl)cccc2Cl)C(=S)NC(=O)c2cccc(OC(C)C)c2)cc1. The van der Waals surface area contributed by atoms with Gasteiger partial charge >= 0.3 is 5.97 Å². The summed E-state index contributed by atoms with van der Waals surface area (Å²) in [4.78, 5) is 26.8. The molecular weight excluding hydrogens is 519 g/mol. The van der Waals surface area contributed by atoms with Crippen molar-refractivity contribution in [1.29, 1.82) is 0 Å². The first-order valence-electron chi connectivity index (χ1n) is 11.3. The van der Waals surface area contributed by atoms with Crippen molar-refractivity contribution in [2.75, 3.05) is 11.5 Å². The van der Waals surface area contributed by atoms with Gasteiger partial charge in [-0.3, -0.25) is 10.1 Å².